The van der Waals surface area contributed by atoms with Crippen LogP contribution in [-0.4, -0.2) is 28.7 Å². The molecule has 2 N–H and O–H groups in total. The normalized spacial score (nSPS) is 16.3. The molecule has 8 nitrogen and oxygen atoms in total. The van der Waals surface area contributed by atoms with Crippen LogP contribution >= 0.6 is 0 Å². The van der Waals surface area contributed by atoms with Crippen LogP contribution in [0.4, 0.5) is 22.0 Å². The number of nitrogens with zero attached hydrogens (tertiary/aromatic N) is 1. The average molecular weight is 629 g/mol. The van der Waals surface area contributed by atoms with Crippen LogP contribution in [0.15, 0.2) is 65.6 Å². The minimum absolute atomic E-state index is 0.0153. The van der Waals surface area contributed by atoms with Crippen molar-refractivity contribution in [1.82, 2.24) is 9.88 Å². The number of benzene rings is 3. The van der Waals surface area contributed by atoms with E-state index >= 15 is 8.78 Å². The number of methoxy groups -OCH3 is 1. The van der Waals surface area contributed by atoms with Crippen LogP contribution in [-0.2, 0) is 15.8 Å². The number of nitrogens with one attached hydrogen (secondary N) is 1. The number of carboxylic acids is 1. The molecule has 234 valence electrons. The van der Waals surface area contributed by atoms with Crippen molar-refractivity contribution in [1.29, 1.82) is 0 Å². The zero-order valence-corrected chi connectivity index (χ0v) is 24.0. The van der Waals surface area contributed by atoms with Gasteiger partial charge in [-0.25, -0.2) is 8.78 Å². The lowest BCUT2D eigenvalue weighted by Crippen LogP contribution is -2.40. The number of rotatable bonds is 4. The lowest BCUT2D eigenvalue weighted by atomic mass is 9.92. The molecule has 0 spiro atoms. The molecule has 2 atom stereocenters. The van der Waals surface area contributed by atoms with Crippen molar-refractivity contribution in [3.63, 3.8) is 0 Å². The molecule has 0 aliphatic carbocycles. The number of alkyl halides is 3. The largest absolute Gasteiger partial charge is 0.497 e. The first-order valence-electron chi connectivity index (χ1n) is 13.5. The predicted octanol–water partition coefficient (Wildman–Crippen LogP) is 6.47. The molecular formula is C32H25F5N2O6. The van der Waals surface area contributed by atoms with Gasteiger partial charge in [0.1, 0.15) is 34.9 Å². The van der Waals surface area contributed by atoms with E-state index in [1.165, 1.54) is 38.3 Å². The monoisotopic (exact) mass is 628 g/mol. The second kappa shape index (κ2) is 11.7. The van der Waals surface area contributed by atoms with Crippen LogP contribution in [0.3, 0.4) is 0 Å². The maximum absolute atomic E-state index is 15.7. The van der Waals surface area contributed by atoms with E-state index in [0.717, 1.165) is 12.1 Å². The fraction of sp³-hybridized carbons (Fsp3) is 0.219. The number of halogens is 5. The summed E-state index contributed by atoms with van der Waals surface area (Å²) in [5.74, 6) is -3.92. The molecule has 3 aromatic carbocycles. The smallest absolute Gasteiger partial charge is 0.416 e. The van der Waals surface area contributed by atoms with Crippen molar-refractivity contribution < 1.29 is 46.1 Å². The molecule has 45 heavy (non-hydrogen) atoms. The molecule has 1 amide bonds. The summed E-state index contributed by atoms with van der Waals surface area (Å²) in [5.41, 5.74) is -1.73. The van der Waals surface area contributed by atoms with Crippen molar-refractivity contribution in [2.24, 2.45) is 0 Å². The molecule has 0 saturated carbocycles. The van der Waals surface area contributed by atoms with E-state index in [0.29, 0.717) is 39.3 Å². The first-order valence-corrected chi connectivity index (χ1v) is 13.5. The third-order valence-electron chi connectivity index (χ3n) is 7.44. The molecule has 0 fully saturated rings. The van der Waals surface area contributed by atoms with Crippen LogP contribution < -0.4 is 20.3 Å². The fourth-order valence-corrected chi connectivity index (χ4v) is 5.37. The van der Waals surface area contributed by atoms with Crippen LogP contribution in [0.5, 0.6) is 17.2 Å². The van der Waals surface area contributed by atoms with Gasteiger partial charge in [0, 0.05) is 35.0 Å². The minimum atomic E-state index is -4.89. The molecule has 1 aliphatic rings. The fourth-order valence-electron chi connectivity index (χ4n) is 5.37. The lowest BCUT2D eigenvalue weighted by molar-refractivity contribution is -0.138. The standard InChI is InChI=1S/C32H25F5N2O6/c1-15-9-20(44-3)13-25-28(15)17-8-16(2)29(34)22(10-17)24(14-27(41)42)38-31(43)30(21-12-19(45-25)4-5-23(21)33)39-7-6-18(11-26(39)40)32(35,36)37/h4-13,24,30H,14H2,1-3H3,(H,38,43)(H,41,42)/t24-,30+/m0/s1. The van der Waals surface area contributed by atoms with Crippen LogP contribution in [0.25, 0.3) is 11.1 Å². The Balaban J connectivity index is 1.83. The number of hydrogen-bond acceptors (Lipinski definition) is 5. The molecule has 1 aromatic heterocycles. The number of carbonyl (C=O) groups excluding carboxylic acids is 1. The minimum Gasteiger partial charge on any atom is -0.497 e. The number of aliphatic carboxylic acids is 1. The lowest BCUT2D eigenvalue weighted by Gasteiger charge is -2.25. The summed E-state index contributed by atoms with van der Waals surface area (Å²) in [4.78, 5) is 38.8. The third kappa shape index (κ3) is 6.10. The summed E-state index contributed by atoms with van der Waals surface area (Å²) >= 11 is 0. The number of hydrogen-bond donors (Lipinski definition) is 2. The van der Waals surface area contributed by atoms with E-state index in [1.807, 2.05) is 0 Å². The SMILES string of the molecule is COc1cc(C)c2c(c1)Oc1ccc(F)c(c1)[C@@H](n1ccc(C(F)(F)F)cc1=O)C(=O)N[C@@H](CC(=O)O)c1cc-2cc(C)c1F. The van der Waals surface area contributed by atoms with E-state index in [2.05, 4.69) is 5.32 Å². The summed E-state index contributed by atoms with van der Waals surface area (Å²) in [5, 5.41) is 12.1. The summed E-state index contributed by atoms with van der Waals surface area (Å²) < 4.78 is 83.4. The average Bonchev–Trinajstić information content (AvgIpc) is 2.95. The van der Waals surface area contributed by atoms with Gasteiger partial charge in [-0.05, 0) is 73.0 Å². The van der Waals surface area contributed by atoms with Gasteiger partial charge < -0.3 is 19.9 Å². The maximum Gasteiger partial charge on any atom is 0.416 e. The maximum atomic E-state index is 15.7. The Bertz CT molecular complexity index is 1900. The quantitative estimate of drug-likeness (QED) is 0.251. The van der Waals surface area contributed by atoms with E-state index in [-0.39, 0.29) is 28.7 Å². The van der Waals surface area contributed by atoms with E-state index in [1.54, 1.807) is 13.0 Å². The molecule has 0 radical (unpaired) electrons. The van der Waals surface area contributed by atoms with Gasteiger partial charge in [0.05, 0.1) is 25.1 Å². The van der Waals surface area contributed by atoms with Gasteiger partial charge in [-0.2, -0.15) is 13.2 Å². The summed E-state index contributed by atoms with van der Waals surface area (Å²) in [7, 11) is 1.43. The zero-order valence-electron chi connectivity index (χ0n) is 24.0. The van der Waals surface area contributed by atoms with Crippen molar-refractivity contribution in [3.05, 3.63) is 111 Å². The Morgan fingerprint density at radius 2 is 1.73 bits per heavy atom. The first-order chi connectivity index (χ1) is 21.2. The van der Waals surface area contributed by atoms with Gasteiger partial charge in [0.15, 0.2) is 0 Å². The molecule has 2 heterocycles. The van der Waals surface area contributed by atoms with Crippen molar-refractivity contribution in [2.45, 2.75) is 38.5 Å². The molecule has 4 aromatic rings. The molecule has 4 bridgehead atoms. The first kappa shape index (κ1) is 31.2. The van der Waals surface area contributed by atoms with E-state index in [9.17, 15) is 32.7 Å². The predicted molar refractivity (Wildman–Crippen MR) is 151 cm³/mol. The topological polar surface area (TPSA) is 107 Å². The second-order valence-corrected chi connectivity index (χ2v) is 10.5. The number of ether oxygens (including phenoxy) is 2. The Morgan fingerprint density at radius 3 is 2.38 bits per heavy atom. The molecule has 5 rings (SSSR count). The van der Waals surface area contributed by atoms with Gasteiger partial charge in [-0.3, -0.25) is 19.0 Å². The number of aromatic nitrogens is 1. The highest BCUT2D eigenvalue weighted by Crippen LogP contribution is 2.42. The third-order valence-corrected chi connectivity index (χ3v) is 7.44. The van der Waals surface area contributed by atoms with Gasteiger partial charge in [-0.1, -0.05) is 0 Å². The number of fused-ring (bicyclic) bond motifs is 6. The molecule has 13 heteroatoms. The van der Waals surface area contributed by atoms with Crippen LogP contribution in [0.2, 0.25) is 0 Å². The summed E-state index contributed by atoms with van der Waals surface area (Å²) in [6.45, 7) is 3.18. The van der Waals surface area contributed by atoms with Gasteiger partial charge in [0.25, 0.3) is 5.56 Å². The van der Waals surface area contributed by atoms with E-state index < -0.39 is 64.9 Å². The molecular weight excluding hydrogens is 603 g/mol. The number of aryl methyl sites for hydroxylation is 2. The van der Waals surface area contributed by atoms with Gasteiger partial charge in [-0.15, -0.1) is 0 Å². The molecule has 1 aliphatic heterocycles. The number of carboxylic acid groups (broad SMARTS) is 1. The Morgan fingerprint density at radius 1 is 1.00 bits per heavy atom. The number of pyridine rings is 1. The summed E-state index contributed by atoms with van der Waals surface area (Å²) in [6.07, 6.45) is -5.03. The molecule has 0 unspecified atom stereocenters. The Kier molecular flexibility index (Phi) is 8.13. The van der Waals surface area contributed by atoms with Crippen LogP contribution in [0.1, 0.15) is 46.3 Å². The van der Waals surface area contributed by atoms with Crippen LogP contribution in [0, 0.1) is 25.5 Å². The molecule has 0 saturated heterocycles. The highest BCUT2D eigenvalue weighted by molar-refractivity contribution is 5.85. The highest BCUT2D eigenvalue weighted by Gasteiger charge is 2.35. The Labute approximate surface area is 252 Å². The van der Waals surface area contributed by atoms with Crippen molar-refractivity contribution in [2.75, 3.05) is 7.11 Å². The number of carbonyl (C=O) groups is 2. The number of amides is 1. The summed E-state index contributed by atoms with van der Waals surface area (Å²) in [6, 6.07) is 6.67. The highest BCUT2D eigenvalue weighted by atomic mass is 19.4. The van der Waals surface area contributed by atoms with E-state index in [4.69, 9.17) is 9.47 Å². The van der Waals surface area contributed by atoms with Crippen molar-refractivity contribution >= 4 is 11.9 Å². The zero-order chi connectivity index (χ0) is 32.8. The van der Waals surface area contributed by atoms with Gasteiger partial charge >= 0.3 is 12.1 Å². The Hall–Kier alpha value is -5.20. The van der Waals surface area contributed by atoms with Gasteiger partial charge in [0.2, 0.25) is 5.91 Å². The second-order valence-electron chi connectivity index (χ2n) is 10.5. The van der Waals surface area contributed by atoms with Crippen molar-refractivity contribution in [3.8, 4) is 28.4 Å².